The smallest absolute Gasteiger partial charge is 0.249 e. The summed E-state index contributed by atoms with van der Waals surface area (Å²) in [6.07, 6.45) is 0. The predicted octanol–water partition coefficient (Wildman–Crippen LogP) is 5.32. The first-order chi connectivity index (χ1) is 16.6. The lowest BCUT2D eigenvalue weighted by atomic mass is 10.2. The molecule has 4 aromatic rings. The average molecular weight is 511 g/mol. The molecule has 0 saturated carbocycles. The van der Waals surface area contributed by atoms with Crippen molar-refractivity contribution >= 4 is 43.3 Å². The Labute approximate surface area is 214 Å². The van der Waals surface area contributed by atoms with Crippen LogP contribution in [0, 0.1) is 0 Å². The van der Waals surface area contributed by atoms with Crippen LogP contribution in [0.1, 0.15) is 20.8 Å². The van der Waals surface area contributed by atoms with E-state index in [0.29, 0.717) is 0 Å². The van der Waals surface area contributed by atoms with Gasteiger partial charge in [-0.3, -0.25) is 0 Å². The number of hydrogen-bond donors (Lipinski definition) is 0. The van der Waals surface area contributed by atoms with Crippen LogP contribution in [-0.2, 0) is 4.43 Å². The van der Waals surface area contributed by atoms with Gasteiger partial charge in [0.15, 0.2) is 0 Å². The largest absolute Gasteiger partial charge is 0.406 e. The van der Waals surface area contributed by atoms with Crippen molar-refractivity contribution in [2.24, 2.45) is 0 Å². The van der Waals surface area contributed by atoms with Gasteiger partial charge in [-0.25, -0.2) is 0 Å². The van der Waals surface area contributed by atoms with E-state index in [9.17, 15) is 0 Å². The van der Waals surface area contributed by atoms with Gasteiger partial charge in [0.2, 0.25) is 7.83 Å². The second-order valence-corrected chi connectivity index (χ2v) is 33.8. The first-order valence-electron chi connectivity index (χ1n) is 12.6. The third kappa shape index (κ3) is 4.56. The molecule has 0 N–H and O–H groups in total. The van der Waals surface area contributed by atoms with Gasteiger partial charge < -0.3 is 4.43 Å². The minimum atomic E-state index is -2.88. The third-order valence-corrected chi connectivity index (χ3v) is 41.1. The monoisotopic (exact) mass is 510 g/mol. The number of rotatable bonds is 7. The van der Waals surface area contributed by atoms with Crippen molar-refractivity contribution in [1.29, 1.82) is 0 Å². The molecule has 4 rings (SSSR count). The van der Waals surface area contributed by atoms with Crippen LogP contribution in [0.3, 0.4) is 0 Å². The van der Waals surface area contributed by atoms with Crippen molar-refractivity contribution in [3.63, 3.8) is 0 Å². The normalized spacial score (nSPS) is 13.0. The molecule has 0 unspecified atom stereocenters. The molecule has 0 radical (unpaired) electrons. The summed E-state index contributed by atoms with van der Waals surface area (Å²) in [5.41, 5.74) is -0.306. The van der Waals surface area contributed by atoms with E-state index in [1.165, 1.54) is 20.7 Å². The standard InChI is InChI=1S/C31H38OSi3/c1-31(2,3)32-34(27-19-11-7-12-20-27,28-21-13-8-14-22-28)35(33(4,5)6,29-23-15-9-16-24-29)30-25-17-10-18-26-30/h7-26H,1-6H3. The van der Waals surface area contributed by atoms with E-state index in [-0.39, 0.29) is 5.60 Å². The van der Waals surface area contributed by atoms with Crippen molar-refractivity contribution in [2.75, 3.05) is 0 Å². The van der Waals surface area contributed by atoms with Crippen LogP contribution in [0.4, 0.5) is 0 Å². The van der Waals surface area contributed by atoms with Crippen molar-refractivity contribution in [1.82, 2.24) is 0 Å². The molecule has 0 aliphatic heterocycles. The Bertz CT molecular complexity index is 1130. The Morgan fingerprint density at radius 3 is 1.00 bits per heavy atom. The molecule has 4 aromatic carbocycles. The summed E-state index contributed by atoms with van der Waals surface area (Å²) < 4.78 is 7.73. The van der Waals surface area contributed by atoms with Crippen molar-refractivity contribution < 1.29 is 4.43 Å². The van der Waals surface area contributed by atoms with Crippen LogP contribution in [0.15, 0.2) is 121 Å². The lowest BCUT2D eigenvalue weighted by Crippen LogP contribution is -2.94. The molecule has 1 nitrogen and oxygen atoms in total. The molecule has 35 heavy (non-hydrogen) atoms. The van der Waals surface area contributed by atoms with Crippen molar-refractivity contribution in [2.45, 2.75) is 46.0 Å². The summed E-state index contributed by atoms with van der Waals surface area (Å²) in [7, 11) is -7.39. The molecule has 0 spiro atoms. The summed E-state index contributed by atoms with van der Waals surface area (Å²) in [4.78, 5) is 0. The fraction of sp³-hybridized carbons (Fsp3) is 0.226. The minimum absolute atomic E-state index is 0.306. The van der Waals surface area contributed by atoms with E-state index in [2.05, 4.69) is 162 Å². The van der Waals surface area contributed by atoms with Gasteiger partial charge in [-0.2, -0.15) is 0 Å². The predicted molar refractivity (Wildman–Crippen MR) is 160 cm³/mol. The maximum absolute atomic E-state index is 7.73. The zero-order valence-electron chi connectivity index (χ0n) is 22.0. The zero-order valence-corrected chi connectivity index (χ0v) is 25.0. The number of benzene rings is 4. The molecule has 0 saturated heterocycles. The fourth-order valence-corrected chi connectivity index (χ4v) is 45.4. The Morgan fingerprint density at radius 1 is 0.457 bits per heavy atom. The molecule has 0 heterocycles. The maximum Gasteiger partial charge on any atom is 0.249 e. The van der Waals surface area contributed by atoms with Gasteiger partial charge in [-0.15, -0.1) is 0 Å². The second-order valence-electron chi connectivity index (χ2n) is 11.4. The van der Waals surface area contributed by atoms with Crippen LogP contribution in [0.25, 0.3) is 0 Å². The molecule has 0 aliphatic rings. The van der Waals surface area contributed by atoms with Crippen molar-refractivity contribution in [3.05, 3.63) is 121 Å². The molecule has 0 bridgehead atoms. The Kier molecular flexibility index (Phi) is 7.21. The highest BCUT2D eigenvalue weighted by molar-refractivity contribution is 7.80. The SMILES string of the molecule is CC(C)(C)O[Si](c1ccccc1)(c1ccccc1)[Si](c1ccccc1)(c1ccccc1)[Si](C)(C)C. The lowest BCUT2D eigenvalue weighted by molar-refractivity contribution is 0.132. The van der Waals surface area contributed by atoms with Gasteiger partial charge in [-0.1, -0.05) is 151 Å². The average Bonchev–Trinajstić information content (AvgIpc) is 2.84. The molecule has 0 fully saturated rings. The topological polar surface area (TPSA) is 9.23 Å². The van der Waals surface area contributed by atoms with Gasteiger partial charge in [0, 0.05) is 5.60 Å². The lowest BCUT2D eigenvalue weighted by Gasteiger charge is -2.56. The van der Waals surface area contributed by atoms with E-state index < -0.39 is 22.5 Å². The summed E-state index contributed by atoms with van der Waals surface area (Å²) in [5.74, 6) is 0. The minimum Gasteiger partial charge on any atom is -0.406 e. The van der Waals surface area contributed by atoms with Gasteiger partial charge in [0.25, 0.3) is 0 Å². The van der Waals surface area contributed by atoms with Crippen LogP contribution in [0.2, 0.25) is 19.6 Å². The highest BCUT2D eigenvalue weighted by Gasteiger charge is 2.68. The molecule has 0 atom stereocenters. The highest BCUT2D eigenvalue weighted by atomic mass is 29.6. The Morgan fingerprint density at radius 2 is 0.743 bits per heavy atom. The van der Waals surface area contributed by atoms with Gasteiger partial charge in [-0.05, 0) is 31.1 Å². The first-order valence-corrected chi connectivity index (χ1v) is 22.0. The van der Waals surface area contributed by atoms with E-state index in [1.54, 1.807) is 0 Å². The van der Waals surface area contributed by atoms with Crippen LogP contribution in [-0.4, -0.2) is 28.1 Å². The van der Waals surface area contributed by atoms with E-state index >= 15 is 0 Å². The highest BCUT2D eigenvalue weighted by Crippen LogP contribution is 2.33. The summed E-state index contributed by atoms with van der Waals surface area (Å²) >= 11 is 0. The van der Waals surface area contributed by atoms with Crippen LogP contribution in [0.5, 0.6) is 0 Å². The zero-order chi connectivity index (χ0) is 25.2. The Hall–Kier alpha value is -2.51. The quantitative estimate of drug-likeness (QED) is 0.306. The van der Waals surface area contributed by atoms with E-state index in [0.717, 1.165) is 0 Å². The van der Waals surface area contributed by atoms with Gasteiger partial charge >= 0.3 is 0 Å². The fourth-order valence-electron chi connectivity index (χ4n) is 5.94. The second kappa shape index (κ2) is 9.86. The summed E-state index contributed by atoms with van der Waals surface area (Å²) in [6.45, 7) is 14.5. The molecule has 0 amide bonds. The molecule has 0 aliphatic carbocycles. The Balaban J connectivity index is 2.32. The van der Waals surface area contributed by atoms with E-state index in [4.69, 9.17) is 4.43 Å². The number of hydrogen-bond acceptors (Lipinski definition) is 1. The maximum atomic E-state index is 7.73. The molecular formula is C31H38OSi3. The van der Waals surface area contributed by atoms with Crippen LogP contribution >= 0.6 is 0 Å². The van der Waals surface area contributed by atoms with Gasteiger partial charge in [0.05, 0.1) is 7.59 Å². The van der Waals surface area contributed by atoms with Crippen molar-refractivity contribution in [3.8, 4) is 0 Å². The van der Waals surface area contributed by atoms with E-state index in [1.807, 2.05) is 0 Å². The van der Waals surface area contributed by atoms with Gasteiger partial charge in [0.1, 0.15) is 7.11 Å². The van der Waals surface area contributed by atoms with Crippen LogP contribution < -0.4 is 20.7 Å². The molecular weight excluding hydrogens is 473 g/mol. The molecule has 0 aromatic heterocycles. The molecule has 4 heteroatoms. The summed E-state index contributed by atoms with van der Waals surface area (Å²) in [6, 6.07) is 45.3. The third-order valence-electron chi connectivity index (χ3n) is 6.89. The summed E-state index contributed by atoms with van der Waals surface area (Å²) in [5, 5.41) is 5.74. The molecule has 180 valence electrons. The first kappa shape index (κ1) is 25.6.